The van der Waals surface area contributed by atoms with Crippen molar-refractivity contribution in [3.05, 3.63) is 33.3 Å². The molecule has 0 saturated heterocycles. The van der Waals surface area contributed by atoms with Crippen molar-refractivity contribution >= 4 is 37.0 Å². The van der Waals surface area contributed by atoms with E-state index in [4.69, 9.17) is 27.0 Å². The molecule has 21 heavy (non-hydrogen) atoms. The lowest BCUT2D eigenvalue weighted by molar-refractivity contribution is -0.384. The predicted octanol–water partition coefficient (Wildman–Crippen LogP) is 3.76. The molecule has 1 aromatic rings. The van der Waals surface area contributed by atoms with Crippen LogP contribution >= 0.6 is 22.3 Å². The molecule has 6 nitrogen and oxygen atoms in total. The SMILES string of the molecule is O=[N+]([O-])c1ccc(Cl)c(OCCCCCCS(=O)(=O)Cl)c1. The maximum atomic E-state index is 10.7. The highest BCUT2D eigenvalue weighted by Gasteiger charge is 2.10. The lowest BCUT2D eigenvalue weighted by Gasteiger charge is -2.07. The summed E-state index contributed by atoms with van der Waals surface area (Å²) in [7, 11) is 1.67. The first kappa shape index (κ1) is 18.0. The van der Waals surface area contributed by atoms with Crippen molar-refractivity contribution in [1.82, 2.24) is 0 Å². The van der Waals surface area contributed by atoms with Crippen LogP contribution < -0.4 is 4.74 Å². The molecule has 118 valence electrons. The van der Waals surface area contributed by atoms with E-state index in [1.807, 2.05) is 0 Å². The summed E-state index contributed by atoms with van der Waals surface area (Å²) in [4.78, 5) is 10.1. The fourth-order valence-electron chi connectivity index (χ4n) is 1.63. The van der Waals surface area contributed by atoms with Crippen LogP contribution in [0.4, 0.5) is 5.69 Å². The van der Waals surface area contributed by atoms with Crippen molar-refractivity contribution in [1.29, 1.82) is 0 Å². The molecule has 1 aromatic carbocycles. The number of halogens is 2. The van der Waals surface area contributed by atoms with E-state index in [2.05, 4.69) is 0 Å². The third-order valence-electron chi connectivity index (χ3n) is 2.67. The summed E-state index contributed by atoms with van der Waals surface area (Å²) >= 11 is 5.88. The third-order valence-corrected chi connectivity index (χ3v) is 4.22. The van der Waals surface area contributed by atoms with Crippen LogP contribution in [0.25, 0.3) is 0 Å². The van der Waals surface area contributed by atoms with Gasteiger partial charge in [-0.3, -0.25) is 10.1 Å². The zero-order valence-electron chi connectivity index (χ0n) is 11.1. The largest absolute Gasteiger partial charge is 0.492 e. The number of benzene rings is 1. The van der Waals surface area contributed by atoms with Gasteiger partial charge in [0.15, 0.2) is 0 Å². The van der Waals surface area contributed by atoms with Crippen molar-refractivity contribution in [2.24, 2.45) is 0 Å². The Morgan fingerprint density at radius 3 is 2.48 bits per heavy atom. The molecule has 0 spiro atoms. The van der Waals surface area contributed by atoms with Gasteiger partial charge in [0.1, 0.15) is 5.75 Å². The van der Waals surface area contributed by atoms with Crippen LogP contribution in [0.3, 0.4) is 0 Å². The minimum atomic E-state index is -3.42. The summed E-state index contributed by atoms with van der Waals surface area (Å²) in [5.41, 5.74) is -0.0817. The molecule has 0 aliphatic heterocycles. The molecule has 1 rings (SSSR count). The first-order valence-electron chi connectivity index (χ1n) is 6.28. The maximum Gasteiger partial charge on any atom is 0.273 e. The number of nitrogens with zero attached hydrogens (tertiary/aromatic N) is 1. The van der Waals surface area contributed by atoms with Gasteiger partial charge in [-0.2, -0.15) is 0 Å². The fraction of sp³-hybridized carbons (Fsp3) is 0.500. The fourth-order valence-corrected chi connectivity index (χ4v) is 2.68. The highest BCUT2D eigenvalue weighted by Crippen LogP contribution is 2.29. The van der Waals surface area contributed by atoms with Crippen LogP contribution in [0.2, 0.25) is 5.02 Å². The van der Waals surface area contributed by atoms with Gasteiger partial charge in [0.25, 0.3) is 5.69 Å². The van der Waals surface area contributed by atoms with Crippen LogP contribution in [0, 0.1) is 10.1 Å². The summed E-state index contributed by atoms with van der Waals surface area (Å²) in [6.45, 7) is 0.356. The Kier molecular flexibility index (Phi) is 7.21. The van der Waals surface area contributed by atoms with E-state index in [0.717, 1.165) is 12.8 Å². The predicted molar refractivity (Wildman–Crippen MR) is 81.7 cm³/mol. The van der Waals surface area contributed by atoms with Crippen LogP contribution in [0.15, 0.2) is 18.2 Å². The van der Waals surface area contributed by atoms with Crippen LogP contribution in [0.1, 0.15) is 25.7 Å². The van der Waals surface area contributed by atoms with Gasteiger partial charge >= 0.3 is 0 Å². The first-order chi connectivity index (χ1) is 9.79. The molecule has 0 amide bonds. The van der Waals surface area contributed by atoms with Crippen molar-refractivity contribution < 1.29 is 18.1 Å². The Bertz CT molecular complexity index is 591. The Labute approximate surface area is 132 Å². The van der Waals surface area contributed by atoms with Crippen LogP contribution in [-0.2, 0) is 9.05 Å². The number of rotatable bonds is 9. The summed E-state index contributed by atoms with van der Waals surface area (Å²) < 4.78 is 26.8. The van der Waals surface area contributed by atoms with Crippen molar-refractivity contribution in [2.75, 3.05) is 12.4 Å². The van der Waals surface area contributed by atoms with Gasteiger partial charge < -0.3 is 4.74 Å². The van der Waals surface area contributed by atoms with E-state index in [9.17, 15) is 18.5 Å². The number of nitro benzene ring substituents is 1. The standard InChI is InChI=1S/C12H15Cl2NO5S/c13-11-6-5-10(15(16)17)9-12(11)20-7-3-1-2-4-8-21(14,18)19/h5-6,9H,1-4,7-8H2. The van der Waals surface area contributed by atoms with Crippen LogP contribution in [0.5, 0.6) is 5.75 Å². The minimum absolute atomic E-state index is 0.0356. The molecule has 0 fully saturated rings. The molecule has 0 saturated carbocycles. The molecule has 0 bridgehead atoms. The van der Waals surface area contributed by atoms with Crippen LogP contribution in [-0.4, -0.2) is 25.7 Å². The molecule has 0 N–H and O–H groups in total. The maximum absolute atomic E-state index is 10.7. The van der Waals surface area contributed by atoms with E-state index in [1.165, 1.54) is 18.2 Å². The second-order valence-electron chi connectivity index (χ2n) is 4.38. The van der Waals surface area contributed by atoms with Gasteiger partial charge in [0.2, 0.25) is 9.05 Å². The van der Waals surface area contributed by atoms with E-state index < -0.39 is 14.0 Å². The van der Waals surface area contributed by atoms with Gasteiger partial charge in [0, 0.05) is 16.7 Å². The number of hydrogen-bond acceptors (Lipinski definition) is 5. The zero-order valence-corrected chi connectivity index (χ0v) is 13.5. The third kappa shape index (κ3) is 7.50. The first-order valence-corrected chi connectivity index (χ1v) is 9.14. The Morgan fingerprint density at radius 1 is 1.19 bits per heavy atom. The number of non-ortho nitro benzene ring substituents is 1. The summed E-state index contributed by atoms with van der Waals surface area (Å²) in [5, 5.41) is 11.0. The number of nitro groups is 1. The molecule has 9 heteroatoms. The molecule has 0 unspecified atom stereocenters. The number of hydrogen-bond donors (Lipinski definition) is 0. The van der Waals surface area contributed by atoms with Gasteiger partial charge in [-0.05, 0) is 18.9 Å². The summed E-state index contributed by atoms with van der Waals surface area (Å²) in [6, 6.07) is 4.00. The molecule has 0 heterocycles. The van der Waals surface area contributed by atoms with Gasteiger partial charge in [0.05, 0.1) is 28.4 Å². The van der Waals surface area contributed by atoms with E-state index >= 15 is 0 Å². The summed E-state index contributed by atoms with van der Waals surface area (Å²) in [5.74, 6) is 0.237. The number of ether oxygens (including phenoxy) is 1. The highest BCUT2D eigenvalue weighted by atomic mass is 35.7. The minimum Gasteiger partial charge on any atom is -0.492 e. The van der Waals surface area contributed by atoms with Gasteiger partial charge in [-0.1, -0.05) is 24.4 Å². The molecule has 0 aliphatic rings. The summed E-state index contributed by atoms with van der Waals surface area (Å²) in [6.07, 6.45) is 2.70. The molecule has 0 aliphatic carbocycles. The average Bonchev–Trinajstić information content (AvgIpc) is 2.38. The van der Waals surface area contributed by atoms with E-state index in [-0.39, 0.29) is 17.2 Å². The van der Waals surface area contributed by atoms with Crippen molar-refractivity contribution in [3.63, 3.8) is 0 Å². The molecular formula is C12H15Cl2NO5S. The average molecular weight is 356 g/mol. The van der Waals surface area contributed by atoms with Gasteiger partial charge in [-0.25, -0.2) is 8.42 Å². The monoisotopic (exact) mass is 355 g/mol. The van der Waals surface area contributed by atoms with E-state index in [0.29, 0.717) is 24.5 Å². The quantitative estimate of drug-likeness (QED) is 0.291. The topological polar surface area (TPSA) is 86.5 Å². The van der Waals surface area contributed by atoms with Gasteiger partial charge in [-0.15, -0.1) is 0 Å². The smallest absolute Gasteiger partial charge is 0.273 e. The lowest BCUT2D eigenvalue weighted by Crippen LogP contribution is -2.00. The number of unbranched alkanes of at least 4 members (excludes halogenated alkanes) is 3. The molecule has 0 aromatic heterocycles. The Balaban J connectivity index is 2.30. The highest BCUT2D eigenvalue weighted by molar-refractivity contribution is 8.13. The lowest BCUT2D eigenvalue weighted by atomic mass is 10.2. The molecule has 0 radical (unpaired) electrons. The molecular weight excluding hydrogens is 341 g/mol. The molecule has 0 atom stereocenters. The second kappa shape index (κ2) is 8.41. The second-order valence-corrected chi connectivity index (χ2v) is 7.68. The van der Waals surface area contributed by atoms with Crippen molar-refractivity contribution in [2.45, 2.75) is 25.7 Å². The van der Waals surface area contributed by atoms with E-state index in [1.54, 1.807) is 0 Å². The normalized spacial score (nSPS) is 11.3. The zero-order chi connectivity index (χ0) is 15.9. The Hall–Kier alpha value is -1.05. The Morgan fingerprint density at radius 2 is 1.86 bits per heavy atom. The van der Waals surface area contributed by atoms with Crippen molar-refractivity contribution in [3.8, 4) is 5.75 Å².